The van der Waals surface area contributed by atoms with Gasteiger partial charge in [-0.15, -0.1) is 24.0 Å². The van der Waals surface area contributed by atoms with Crippen LogP contribution in [0, 0.1) is 13.8 Å². The van der Waals surface area contributed by atoms with Crippen molar-refractivity contribution in [1.82, 2.24) is 25.4 Å². The Morgan fingerprint density at radius 2 is 1.90 bits per heavy atom. The summed E-state index contributed by atoms with van der Waals surface area (Å²) in [7, 11) is 1.76. The topological polar surface area (TPSA) is 76.4 Å². The van der Waals surface area contributed by atoms with Gasteiger partial charge in [0.05, 0.1) is 12.3 Å². The minimum absolute atomic E-state index is 0. The van der Waals surface area contributed by atoms with Gasteiger partial charge in [0, 0.05) is 32.0 Å². The third kappa shape index (κ3) is 7.01. The molecule has 2 heterocycles. The molecule has 0 fully saturated rings. The van der Waals surface area contributed by atoms with E-state index in [1.807, 2.05) is 73.3 Å². The molecule has 2 aromatic heterocycles. The van der Waals surface area contributed by atoms with E-state index in [1.165, 1.54) is 0 Å². The van der Waals surface area contributed by atoms with Crippen LogP contribution in [0.2, 0.25) is 0 Å². The highest BCUT2D eigenvalue weighted by Crippen LogP contribution is 2.10. The van der Waals surface area contributed by atoms with Crippen molar-refractivity contribution in [3.8, 4) is 11.6 Å². The SMILES string of the molecule is CN=C(NCCCOc1ccccc1)NCc1ccc(-n2nc(C)cc2C)nc1.I. The first kappa shape index (κ1) is 23.7. The lowest BCUT2D eigenvalue weighted by Gasteiger charge is -2.12. The van der Waals surface area contributed by atoms with E-state index < -0.39 is 0 Å². The molecule has 0 amide bonds. The molecule has 0 aliphatic heterocycles. The average molecular weight is 520 g/mol. The van der Waals surface area contributed by atoms with Crippen molar-refractivity contribution in [3.63, 3.8) is 0 Å². The first-order chi connectivity index (χ1) is 14.2. The zero-order chi connectivity index (χ0) is 20.5. The van der Waals surface area contributed by atoms with E-state index in [-0.39, 0.29) is 24.0 Å². The molecule has 0 unspecified atom stereocenters. The van der Waals surface area contributed by atoms with Crippen LogP contribution >= 0.6 is 24.0 Å². The lowest BCUT2D eigenvalue weighted by molar-refractivity contribution is 0.311. The fourth-order valence-corrected chi connectivity index (χ4v) is 2.90. The molecule has 7 nitrogen and oxygen atoms in total. The largest absolute Gasteiger partial charge is 0.494 e. The van der Waals surface area contributed by atoms with Crippen molar-refractivity contribution in [2.45, 2.75) is 26.8 Å². The maximum atomic E-state index is 5.69. The standard InChI is InChI=1S/C22H28N6O.HI/c1-17-14-18(2)28(27-17)21-11-10-19(15-25-21)16-26-22(23-3)24-12-7-13-29-20-8-5-4-6-9-20;/h4-6,8-11,14-15H,7,12-13,16H2,1-3H3,(H2,23,24,26);1H. The van der Waals surface area contributed by atoms with Gasteiger partial charge in [-0.3, -0.25) is 4.99 Å². The normalized spacial score (nSPS) is 11.0. The number of hydrogen-bond acceptors (Lipinski definition) is 4. The van der Waals surface area contributed by atoms with Crippen LogP contribution in [0.15, 0.2) is 59.7 Å². The Morgan fingerprint density at radius 1 is 1.10 bits per heavy atom. The second-order valence-corrected chi connectivity index (χ2v) is 6.73. The highest BCUT2D eigenvalue weighted by atomic mass is 127. The number of ether oxygens (including phenoxy) is 1. The van der Waals surface area contributed by atoms with Gasteiger partial charge in [0.2, 0.25) is 0 Å². The first-order valence-corrected chi connectivity index (χ1v) is 9.76. The summed E-state index contributed by atoms with van der Waals surface area (Å²) in [5.74, 6) is 2.47. The van der Waals surface area contributed by atoms with Crippen LogP contribution in [-0.2, 0) is 6.54 Å². The Hall–Kier alpha value is -2.62. The number of aromatic nitrogens is 3. The molecule has 2 N–H and O–H groups in total. The minimum atomic E-state index is 0. The summed E-state index contributed by atoms with van der Waals surface area (Å²) in [6.45, 7) is 6.09. The molecule has 0 aliphatic carbocycles. The number of nitrogens with one attached hydrogen (secondary N) is 2. The van der Waals surface area contributed by atoms with Gasteiger partial charge in [-0.2, -0.15) is 5.10 Å². The summed E-state index contributed by atoms with van der Waals surface area (Å²) in [5, 5.41) is 11.1. The fraction of sp³-hybridized carbons (Fsp3) is 0.318. The van der Waals surface area contributed by atoms with Gasteiger partial charge in [0.25, 0.3) is 0 Å². The Balaban J connectivity index is 0.00000320. The first-order valence-electron chi connectivity index (χ1n) is 9.76. The zero-order valence-corrected chi connectivity index (χ0v) is 20.0. The van der Waals surface area contributed by atoms with Gasteiger partial charge in [-0.25, -0.2) is 9.67 Å². The summed E-state index contributed by atoms with van der Waals surface area (Å²) in [4.78, 5) is 8.78. The van der Waals surface area contributed by atoms with Crippen LogP contribution in [0.5, 0.6) is 5.75 Å². The third-order valence-corrected chi connectivity index (χ3v) is 4.34. The highest BCUT2D eigenvalue weighted by molar-refractivity contribution is 14.0. The average Bonchev–Trinajstić information content (AvgIpc) is 3.09. The monoisotopic (exact) mass is 520 g/mol. The van der Waals surface area contributed by atoms with Gasteiger partial charge in [-0.1, -0.05) is 24.3 Å². The molecule has 3 rings (SSSR count). The lowest BCUT2D eigenvalue weighted by Crippen LogP contribution is -2.37. The van der Waals surface area contributed by atoms with E-state index in [0.29, 0.717) is 13.2 Å². The Morgan fingerprint density at radius 3 is 2.53 bits per heavy atom. The molecule has 8 heteroatoms. The minimum Gasteiger partial charge on any atom is -0.494 e. The maximum Gasteiger partial charge on any atom is 0.191 e. The molecule has 0 atom stereocenters. The van der Waals surface area contributed by atoms with Crippen molar-refractivity contribution in [2.75, 3.05) is 20.2 Å². The number of benzene rings is 1. The van der Waals surface area contributed by atoms with Crippen LogP contribution in [0.4, 0.5) is 0 Å². The quantitative estimate of drug-likeness (QED) is 0.205. The van der Waals surface area contributed by atoms with E-state index in [9.17, 15) is 0 Å². The number of pyridine rings is 1. The Kier molecular flexibility index (Phi) is 9.59. The molecule has 30 heavy (non-hydrogen) atoms. The Bertz CT molecular complexity index is 925. The number of guanidine groups is 1. The summed E-state index contributed by atoms with van der Waals surface area (Å²) >= 11 is 0. The van der Waals surface area contributed by atoms with Crippen molar-refractivity contribution < 1.29 is 4.74 Å². The number of rotatable bonds is 8. The Labute approximate surface area is 195 Å². The summed E-state index contributed by atoms with van der Waals surface area (Å²) in [5.41, 5.74) is 3.13. The number of para-hydroxylation sites is 1. The van der Waals surface area contributed by atoms with Crippen molar-refractivity contribution >= 4 is 29.9 Å². The van der Waals surface area contributed by atoms with E-state index in [1.54, 1.807) is 7.05 Å². The van der Waals surface area contributed by atoms with Crippen molar-refractivity contribution in [2.24, 2.45) is 4.99 Å². The summed E-state index contributed by atoms with van der Waals surface area (Å²) < 4.78 is 7.54. The van der Waals surface area contributed by atoms with Gasteiger partial charge in [0.1, 0.15) is 5.75 Å². The molecular weight excluding hydrogens is 491 g/mol. The van der Waals surface area contributed by atoms with Crippen molar-refractivity contribution in [1.29, 1.82) is 0 Å². The predicted octanol–water partition coefficient (Wildman–Crippen LogP) is 3.64. The van der Waals surface area contributed by atoms with Crippen LogP contribution in [0.3, 0.4) is 0 Å². The molecule has 1 aromatic carbocycles. The van der Waals surface area contributed by atoms with Crippen LogP contribution in [-0.4, -0.2) is 40.9 Å². The fourth-order valence-electron chi connectivity index (χ4n) is 2.90. The van der Waals surface area contributed by atoms with Gasteiger partial charge < -0.3 is 15.4 Å². The molecule has 0 radical (unpaired) electrons. The molecule has 0 aliphatic rings. The summed E-state index contributed by atoms with van der Waals surface area (Å²) in [6.07, 6.45) is 2.74. The number of nitrogens with zero attached hydrogens (tertiary/aromatic N) is 4. The van der Waals surface area contributed by atoms with Gasteiger partial charge in [-0.05, 0) is 50.1 Å². The van der Waals surface area contributed by atoms with Gasteiger partial charge in [0.15, 0.2) is 11.8 Å². The number of aryl methyl sites for hydroxylation is 2. The lowest BCUT2D eigenvalue weighted by atomic mass is 10.3. The molecule has 0 spiro atoms. The number of halogens is 1. The zero-order valence-electron chi connectivity index (χ0n) is 17.6. The van der Waals surface area contributed by atoms with Crippen LogP contribution < -0.4 is 15.4 Å². The molecule has 0 saturated carbocycles. The summed E-state index contributed by atoms with van der Waals surface area (Å²) in [6, 6.07) is 15.9. The maximum absolute atomic E-state index is 5.69. The van der Waals surface area contributed by atoms with Gasteiger partial charge >= 0.3 is 0 Å². The van der Waals surface area contributed by atoms with E-state index in [4.69, 9.17) is 4.74 Å². The third-order valence-electron chi connectivity index (χ3n) is 4.34. The molecule has 160 valence electrons. The van der Waals surface area contributed by atoms with Crippen LogP contribution in [0.25, 0.3) is 5.82 Å². The van der Waals surface area contributed by atoms with E-state index in [0.717, 1.165) is 47.4 Å². The van der Waals surface area contributed by atoms with Crippen LogP contribution in [0.1, 0.15) is 23.4 Å². The van der Waals surface area contributed by atoms with Crippen molar-refractivity contribution in [3.05, 3.63) is 71.7 Å². The highest BCUT2D eigenvalue weighted by Gasteiger charge is 2.05. The number of aliphatic imine (C=N–C) groups is 1. The smallest absolute Gasteiger partial charge is 0.191 e. The number of hydrogen-bond donors (Lipinski definition) is 2. The molecule has 0 bridgehead atoms. The molecule has 0 saturated heterocycles. The van der Waals surface area contributed by atoms with E-state index in [2.05, 4.69) is 25.7 Å². The predicted molar refractivity (Wildman–Crippen MR) is 131 cm³/mol. The second-order valence-electron chi connectivity index (χ2n) is 6.73. The molecule has 3 aromatic rings. The van der Waals surface area contributed by atoms with E-state index >= 15 is 0 Å². The second kappa shape index (κ2) is 12.2. The molecular formula is C22H29IN6O.